The van der Waals surface area contributed by atoms with Gasteiger partial charge in [0.1, 0.15) is 24.5 Å². The summed E-state index contributed by atoms with van der Waals surface area (Å²) in [6.45, 7) is -2.89. The van der Waals surface area contributed by atoms with E-state index in [1.54, 1.807) is 42.5 Å². The molecule has 0 amide bonds. The van der Waals surface area contributed by atoms with E-state index in [-0.39, 0.29) is 33.5 Å². The average molecular weight is 711 g/mol. The van der Waals surface area contributed by atoms with Crippen molar-refractivity contribution < 1.29 is 39.5 Å². The summed E-state index contributed by atoms with van der Waals surface area (Å²) >= 11 is 5.80. The molecule has 6 aromatic rings. The molecule has 0 bridgehead atoms. The Kier molecular flexibility index (Phi) is 9.59. The molecule has 0 saturated heterocycles. The first-order chi connectivity index (χ1) is 22.9. The van der Waals surface area contributed by atoms with Gasteiger partial charge in [0.2, 0.25) is 0 Å². The van der Waals surface area contributed by atoms with E-state index in [4.69, 9.17) is 11.6 Å². The van der Waals surface area contributed by atoms with Gasteiger partial charge in [0.05, 0.1) is 27.6 Å². The molecule has 0 spiro atoms. The Labute approximate surface area is 274 Å². The number of hydrogen-bond donors (Lipinski definition) is 0. The standard InChI is InChI=1S/C17H10F6N2O.C16H10ClF3N2O/c18-16(19,20)9-25-13-4-2-1-3-12(13)24-14(15(25)26)10-5-7-11(8-6-10)17(21,22)23;17-11-7-5-10(6-8-11)14-15(23)22(9-16(18,19)20)13-4-2-1-3-12(13)21-14/h1-8H,9H2;1-8H,9H2. The number of benzene rings is 4. The lowest BCUT2D eigenvalue weighted by Crippen LogP contribution is -2.30. The summed E-state index contributed by atoms with van der Waals surface area (Å²) in [4.78, 5) is 33.3. The summed E-state index contributed by atoms with van der Waals surface area (Å²) in [6, 6.07) is 21.7. The second-order valence-corrected chi connectivity index (χ2v) is 10.9. The molecular formula is C33H20ClF9N4O2. The fraction of sp³-hybridized carbons (Fsp3) is 0.152. The normalized spacial score (nSPS) is 12.2. The molecule has 0 aliphatic heterocycles. The van der Waals surface area contributed by atoms with Crippen LogP contribution in [0.1, 0.15) is 5.56 Å². The summed E-state index contributed by atoms with van der Waals surface area (Å²) in [7, 11) is 0. The third kappa shape index (κ3) is 8.28. The average Bonchev–Trinajstić information content (AvgIpc) is 3.03. The van der Waals surface area contributed by atoms with Crippen molar-refractivity contribution in [3.05, 3.63) is 128 Å². The Morgan fingerprint density at radius 2 is 0.898 bits per heavy atom. The van der Waals surface area contributed by atoms with E-state index in [2.05, 4.69) is 9.97 Å². The fourth-order valence-electron chi connectivity index (χ4n) is 4.86. The van der Waals surface area contributed by atoms with Gasteiger partial charge in [-0.3, -0.25) is 18.7 Å². The van der Waals surface area contributed by atoms with Gasteiger partial charge in [-0.1, -0.05) is 60.1 Å². The molecule has 0 saturated carbocycles. The van der Waals surface area contributed by atoms with Crippen LogP contribution in [0.3, 0.4) is 0 Å². The largest absolute Gasteiger partial charge is 0.416 e. The van der Waals surface area contributed by atoms with Crippen LogP contribution in [0, 0.1) is 0 Å². The number of hydrogen-bond acceptors (Lipinski definition) is 4. The first-order valence-electron chi connectivity index (χ1n) is 14.0. The van der Waals surface area contributed by atoms with Crippen LogP contribution >= 0.6 is 11.6 Å². The van der Waals surface area contributed by atoms with Gasteiger partial charge >= 0.3 is 18.5 Å². The first-order valence-corrected chi connectivity index (χ1v) is 14.4. The summed E-state index contributed by atoms with van der Waals surface area (Å²) < 4.78 is 116. The zero-order valence-corrected chi connectivity index (χ0v) is 25.3. The topological polar surface area (TPSA) is 69.8 Å². The van der Waals surface area contributed by atoms with Crippen LogP contribution in [0.2, 0.25) is 5.02 Å². The fourth-order valence-corrected chi connectivity index (χ4v) is 4.98. The molecule has 0 fully saturated rings. The summed E-state index contributed by atoms with van der Waals surface area (Å²) in [6.07, 6.45) is -13.7. The van der Waals surface area contributed by atoms with Crippen molar-refractivity contribution in [1.82, 2.24) is 19.1 Å². The number of fused-ring (bicyclic) bond motifs is 2. The molecule has 0 unspecified atom stereocenters. The molecule has 0 aliphatic carbocycles. The third-order valence-electron chi connectivity index (χ3n) is 6.98. The van der Waals surface area contributed by atoms with Gasteiger partial charge in [-0.25, -0.2) is 9.97 Å². The summed E-state index contributed by atoms with van der Waals surface area (Å²) in [5.74, 6) is 0. The first kappa shape index (κ1) is 35.1. The molecule has 49 heavy (non-hydrogen) atoms. The molecular weight excluding hydrogens is 691 g/mol. The van der Waals surface area contributed by atoms with Gasteiger partial charge in [-0.2, -0.15) is 39.5 Å². The van der Waals surface area contributed by atoms with Gasteiger partial charge in [0.25, 0.3) is 11.1 Å². The second kappa shape index (κ2) is 13.4. The lowest BCUT2D eigenvalue weighted by Gasteiger charge is -2.14. The number of halogens is 10. The second-order valence-electron chi connectivity index (χ2n) is 10.5. The predicted molar refractivity (Wildman–Crippen MR) is 165 cm³/mol. The highest BCUT2D eigenvalue weighted by Gasteiger charge is 2.32. The highest BCUT2D eigenvalue weighted by molar-refractivity contribution is 6.30. The summed E-state index contributed by atoms with van der Waals surface area (Å²) in [5, 5.41) is 0.463. The van der Waals surface area contributed by atoms with Gasteiger partial charge in [-0.15, -0.1) is 0 Å². The molecule has 6 nitrogen and oxygen atoms in total. The number of para-hydroxylation sites is 4. The van der Waals surface area contributed by atoms with E-state index in [1.807, 2.05) is 0 Å². The minimum atomic E-state index is -4.65. The minimum Gasteiger partial charge on any atom is -0.296 e. The van der Waals surface area contributed by atoms with Crippen LogP contribution in [-0.2, 0) is 19.3 Å². The van der Waals surface area contributed by atoms with Crippen LogP contribution in [0.25, 0.3) is 44.6 Å². The maximum absolute atomic E-state index is 12.9. The Morgan fingerprint density at radius 3 is 1.27 bits per heavy atom. The highest BCUT2D eigenvalue weighted by atomic mass is 35.5. The van der Waals surface area contributed by atoms with Crippen molar-refractivity contribution >= 4 is 33.7 Å². The Hall–Kier alpha value is -5.18. The minimum absolute atomic E-state index is 0.00433. The lowest BCUT2D eigenvalue weighted by molar-refractivity contribution is -0.141. The van der Waals surface area contributed by atoms with E-state index >= 15 is 0 Å². The third-order valence-corrected chi connectivity index (χ3v) is 7.24. The Morgan fingerprint density at radius 1 is 0.531 bits per heavy atom. The van der Waals surface area contributed by atoms with Crippen molar-refractivity contribution in [2.24, 2.45) is 0 Å². The van der Waals surface area contributed by atoms with Crippen LogP contribution in [0.15, 0.2) is 107 Å². The maximum Gasteiger partial charge on any atom is 0.416 e. The monoisotopic (exact) mass is 710 g/mol. The molecule has 0 aliphatic rings. The number of rotatable bonds is 4. The summed E-state index contributed by atoms with van der Waals surface area (Å²) in [5.41, 5.74) is -2.12. The molecule has 0 N–H and O–H groups in total. The molecule has 6 rings (SSSR count). The SMILES string of the molecule is O=c1c(-c2ccc(C(F)(F)F)cc2)nc2ccccc2n1CC(F)(F)F.O=c1c(-c2ccc(Cl)cc2)nc2ccccc2n1CC(F)(F)F. The zero-order chi connectivity index (χ0) is 35.7. The number of nitrogens with zero attached hydrogens (tertiary/aromatic N) is 4. The van der Waals surface area contributed by atoms with Gasteiger partial charge < -0.3 is 0 Å². The van der Waals surface area contributed by atoms with Gasteiger partial charge in [-0.05, 0) is 48.5 Å². The van der Waals surface area contributed by atoms with E-state index in [1.165, 1.54) is 30.3 Å². The zero-order valence-electron chi connectivity index (χ0n) is 24.5. The maximum atomic E-state index is 12.9. The molecule has 2 heterocycles. The molecule has 2 aromatic heterocycles. The molecule has 0 radical (unpaired) electrons. The van der Waals surface area contributed by atoms with Crippen molar-refractivity contribution in [3.63, 3.8) is 0 Å². The van der Waals surface area contributed by atoms with Crippen molar-refractivity contribution in [1.29, 1.82) is 0 Å². The highest BCUT2D eigenvalue weighted by Crippen LogP contribution is 2.31. The Bertz CT molecular complexity index is 2240. The molecule has 0 atom stereocenters. The quantitative estimate of drug-likeness (QED) is 0.171. The molecule has 254 valence electrons. The van der Waals surface area contributed by atoms with Crippen molar-refractivity contribution in [3.8, 4) is 22.5 Å². The predicted octanol–water partition coefficient (Wildman–Crippen LogP) is 8.92. The lowest BCUT2D eigenvalue weighted by atomic mass is 10.1. The van der Waals surface area contributed by atoms with Crippen LogP contribution in [0.5, 0.6) is 0 Å². The molecule has 4 aromatic carbocycles. The van der Waals surface area contributed by atoms with Gasteiger partial charge in [0.15, 0.2) is 0 Å². The smallest absolute Gasteiger partial charge is 0.296 e. The van der Waals surface area contributed by atoms with Crippen molar-refractivity contribution in [2.75, 3.05) is 0 Å². The molecule has 16 heteroatoms. The Balaban J connectivity index is 0.000000192. The van der Waals surface area contributed by atoms with E-state index < -0.39 is 48.3 Å². The van der Waals surface area contributed by atoms with Crippen LogP contribution < -0.4 is 11.1 Å². The van der Waals surface area contributed by atoms with E-state index in [0.717, 1.165) is 24.3 Å². The van der Waals surface area contributed by atoms with Crippen LogP contribution in [-0.4, -0.2) is 31.5 Å². The van der Waals surface area contributed by atoms with Crippen LogP contribution in [0.4, 0.5) is 39.5 Å². The number of alkyl halides is 9. The van der Waals surface area contributed by atoms with Crippen molar-refractivity contribution in [2.45, 2.75) is 31.6 Å². The number of aromatic nitrogens is 4. The van der Waals surface area contributed by atoms with Gasteiger partial charge in [0, 0.05) is 16.1 Å². The van der Waals surface area contributed by atoms with E-state index in [9.17, 15) is 49.1 Å². The van der Waals surface area contributed by atoms with E-state index in [0.29, 0.717) is 25.2 Å².